The predicted octanol–water partition coefficient (Wildman–Crippen LogP) is 1.03. The van der Waals surface area contributed by atoms with Gasteiger partial charge in [0.05, 0.1) is 24.3 Å². The first-order chi connectivity index (χ1) is 10.6. The van der Waals surface area contributed by atoms with Crippen LogP contribution in [0.5, 0.6) is 0 Å². The maximum Gasteiger partial charge on any atom is 0.306 e. The van der Waals surface area contributed by atoms with Crippen LogP contribution in [0.3, 0.4) is 0 Å². The van der Waals surface area contributed by atoms with Crippen molar-refractivity contribution in [3.63, 3.8) is 0 Å². The zero-order valence-electron chi connectivity index (χ0n) is 13.9. The van der Waals surface area contributed by atoms with E-state index < -0.39 is 11.9 Å². The Kier molecular flexibility index (Phi) is 10.9. The third-order valence-corrected chi connectivity index (χ3v) is 3.91. The van der Waals surface area contributed by atoms with Gasteiger partial charge in [-0.2, -0.15) is 0 Å². The zero-order chi connectivity index (χ0) is 18.0. The molecular weight excluding hydrogens is 342 g/mol. The van der Waals surface area contributed by atoms with E-state index in [4.69, 9.17) is 0 Å². The molecule has 0 aliphatic heterocycles. The molecule has 0 heterocycles. The number of carbonyl (C=O) groups is 4. The first kappa shape index (κ1) is 21.9. The normalized spacial score (nSPS) is 13.1. The molecule has 0 radical (unpaired) electrons. The van der Waals surface area contributed by atoms with Gasteiger partial charge in [0.1, 0.15) is 0 Å². The molecule has 0 aromatic heterocycles. The summed E-state index contributed by atoms with van der Waals surface area (Å²) >= 11 is 2.04. The Morgan fingerprint density at radius 1 is 0.957 bits per heavy atom. The number of carbonyl (C=O) groups excluding carboxylic acids is 4. The van der Waals surface area contributed by atoms with E-state index in [1.165, 1.54) is 21.0 Å². The molecule has 1 amide bonds. The molecule has 0 rings (SSSR count). The molecule has 2 atom stereocenters. The van der Waals surface area contributed by atoms with Crippen LogP contribution < -0.4 is 10.9 Å². The van der Waals surface area contributed by atoms with Crippen molar-refractivity contribution in [2.45, 2.75) is 51.3 Å². The van der Waals surface area contributed by atoms with E-state index in [2.05, 4.69) is 15.6 Å². The maximum absolute atomic E-state index is 12.2. The van der Waals surface area contributed by atoms with Gasteiger partial charge in [-0.3, -0.25) is 19.2 Å². The molecule has 0 spiro atoms. The average Bonchev–Trinajstić information content (AvgIpc) is 2.41. The average molecular weight is 365 g/mol. The second-order valence-electron chi connectivity index (χ2n) is 4.57. The molecule has 0 aromatic carbocycles. The number of ether oxygens (including phenoxy) is 1. The third kappa shape index (κ3) is 11.1. The smallest absolute Gasteiger partial charge is 0.306 e. The van der Waals surface area contributed by atoms with Crippen LogP contribution in [0.2, 0.25) is 0 Å². The fraction of sp³-hybridized carbons (Fsp3) is 0.692. The van der Waals surface area contributed by atoms with Crippen LogP contribution in [-0.4, -0.2) is 45.1 Å². The molecule has 0 bridgehead atoms. The lowest BCUT2D eigenvalue weighted by Gasteiger charge is -2.29. The fourth-order valence-corrected chi connectivity index (χ4v) is 2.83. The van der Waals surface area contributed by atoms with Crippen LogP contribution in [0.15, 0.2) is 0 Å². The second-order valence-corrected chi connectivity index (χ2v) is 7.60. The van der Waals surface area contributed by atoms with Crippen molar-refractivity contribution in [1.82, 2.24) is 16.0 Å². The molecular formula is C13H23N3O5S2. The Morgan fingerprint density at radius 3 is 1.74 bits per heavy atom. The summed E-state index contributed by atoms with van der Waals surface area (Å²) in [5.41, 5.74) is 5.66. The molecule has 0 fully saturated rings. The summed E-state index contributed by atoms with van der Waals surface area (Å²) in [5.74, 6) is -0.891. The molecule has 0 saturated carbocycles. The Balaban J connectivity index is 4.76. The maximum atomic E-state index is 12.2. The van der Waals surface area contributed by atoms with Gasteiger partial charge in [-0.15, -0.1) is 0 Å². The van der Waals surface area contributed by atoms with Gasteiger partial charge in [0, 0.05) is 20.3 Å². The van der Waals surface area contributed by atoms with Crippen molar-refractivity contribution in [3.8, 4) is 0 Å². The first-order valence-corrected chi connectivity index (χ1v) is 8.68. The van der Waals surface area contributed by atoms with E-state index in [9.17, 15) is 19.2 Å². The highest BCUT2D eigenvalue weighted by Gasteiger charge is 2.21. The number of hydrogen-bond donors (Lipinski definition) is 2. The number of esters is 1. The van der Waals surface area contributed by atoms with Crippen LogP contribution >= 0.6 is 23.5 Å². The van der Waals surface area contributed by atoms with E-state index >= 15 is 0 Å². The second kappa shape index (κ2) is 11.4. The number of hydrazine groups is 2. The molecule has 132 valence electrons. The Hall–Kier alpha value is -1.10. The number of thioether (sulfide) groups is 2. The summed E-state index contributed by atoms with van der Waals surface area (Å²) in [6.07, 6.45) is -0.126. The van der Waals surface area contributed by atoms with E-state index in [1.807, 2.05) is 0 Å². The van der Waals surface area contributed by atoms with Crippen LogP contribution in [0.4, 0.5) is 0 Å². The molecule has 0 saturated heterocycles. The van der Waals surface area contributed by atoms with E-state index in [-0.39, 0.29) is 33.8 Å². The number of rotatable bonds is 9. The Morgan fingerprint density at radius 2 is 1.39 bits per heavy atom. The van der Waals surface area contributed by atoms with Crippen molar-refractivity contribution >= 4 is 45.6 Å². The van der Waals surface area contributed by atoms with Gasteiger partial charge in [0.25, 0.3) is 5.91 Å². The van der Waals surface area contributed by atoms with Gasteiger partial charge in [0.2, 0.25) is 0 Å². The summed E-state index contributed by atoms with van der Waals surface area (Å²) < 4.78 is 4.50. The van der Waals surface area contributed by atoms with Gasteiger partial charge >= 0.3 is 5.97 Å². The van der Waals surface area contributed by atoms with Crippen LogP contribution in [0.1, 0.15) is 40.5 Å². The van der Waals surface area contributed by atoms with E-state index in [0.717, 1.165) is 28.6 Å². The third-order valence-electron chi connectivity index (χ3n) is 2.33. The molecule has 2 unspecified atom stereocenters. The highest BCUT2D eigenvalue weighted by atomic mass is 32.2. The monoisotopic (exact) mass is 365 g/mol. The standard InChI is InChI=1S/C13H23N3O5S2/c1-8(22-10(3)17)14-16(15-9(2)23-11(4)18)12(19)6-7-13(20)21-5/h8-9,14-15H,6-7H2,1-5H3. The van der Waals surface area contributed by atoms with Crippen molar-refractivity contribution < 1.29 is 23.9 Å². The lowest BCUT2D eigenvalue weighted by Crippen LogP contribution is -2.56. The topological polar surface area (TPSA) is 105 Å². The summed E-state index contributed by atoms with van der Waals surface area (Å²) in [7, 11) is 1.25. The van der Waals surface area contributed by atoms with Gasteiger partial charge in [-0.05, 0) is 13.8 Å². The predicted molar refractivity (Wildman–Crippen MR) is 89.8 cm³/mol. The molecule has 0 aliphatic rings. The van der Waals surface area contributed by atoms with Crippen molar-refractivity contribution in [2.75, 3.05) is 7.11 Å². The van der Waals surface area contributed by atoms with Crippen LogP contribution in [-0.2, 0) is 23.9 Å². The SMILES string of the molecule is COC(=O)CCC(=O)N(NC(C)SC(C)=O)NC(C)SC(C)=O. The molecule has 0 aromatic rings. The summed E-state index contributed by atoms with van der Waals surface area (Å²) in [5, 5.41) is 0.189. The summed E-state index contributed by atoms with van der Waals surface area (Å²) in [6, 6.07) is 0. The molecule has 0 aliphatic carbocycles. The van der Waals surface area contributed by atoms with E-state index in [0.29, 0.717) is 0 Å². The number of nitrogens with one attached hydrogen (secondary N) is 2. The minimum Gasteiger partial charge on any atom is -0.469 e. The summed E-state index contributed by atoms with van der Waals surface area (Å²) in [6.45, 7) is 6.29. The number of nitrogens with zero attached hydrogens (tertiary/aromatic N) is 1. The fourth-order valence-electron chi connectivity index (χ4n) is 1.52. The Labute approximate surface area is 144 Å². The first-order valence-electron chi connectivity index (χ1n) is 6.92. The van der Waals surface area contributed by atoms with E-state index in [1.54, 1.807) is 13.8 Å². The lowest BCUT2D eigenvalue weighted by molar-refractivity contribution is -0.146. The Bertz CT molecular complexity index is 423. The highest BCUT2D eigenvalue weighted by molar-refractivity contribution is 8.14. The molecule has 23 heavy (non-hydrogen) atoms. The molecule has 8 nitrogen and oxygen atoms in total. The molecule has 10 heteroatoms. The van der Waals surface area contributed by atoms with Crippen molar-refractivity contribution in [2.24, 2.45) is 0 Å². The van der Waals surface area contributed by atoms with Gasteiger partial charge in [-0.1, -0.05) is 23.5 Å². The van der Waals surface area contributed by atoms with Crippen LogP contribution in [0, 0.1) is 0 Å². The lowest BCUT2D eigenvalue weighted by atomic mass is 10.3. The minimum atomic E-state index is -0.490. The summed E-state index contributed by atoms with van der Waals surface area (Å²) in [4.78, 5) is 45.6. The minimum absolute atomic E-state index is 0.0579. The highest BCUT2D eigenvalue weighted by Crippen LogP contribution is 2.12. The zero-order valence-corrected chi connectivity index (χ0v) is 15.5. The number of amides is 1. The van der Waals surface area contributed by atoms with Crippen molar-refractivity contribution in [1.29, 1.82) is 0 Å². The van der Waals surface area contributed by atoms with Gasteiger partial charge in [0.15, 0.2) is 10.2 Å². The quantitative estimate of drug-likeness (QED) is 0.352. The number of hydrogen-bond acceptors (Lipinski definition) is 9. The van der Waals surface area contributed by atoms with Crippen LogP contribution in [0.25, 0.3) is 0 Å². The van der Waals surface area contributed by atoms with Gasteiger partial charge < -0.3 is 4.74 Å². The number of methoxy groups -OCH3 is 1. The molecule has 2 N–H and O–H groups in total. The van der Waals surface area contributed by atoms with Crippen molar-refractivity contribution in [3.05, 3.63) is 0 Å². The largest absolute Gasteiger partial charge is 0.469 e. The van der Waals surface area contributed by atoms with Gasteiger partial charge in [-0.25, -0.2) is 16.0 Å².